The summed E-state index contributed by atoms with van der Waals surface area (Å²) >= 11 is 0. The van der Waals surface area contributed by atoms with Gasteiger partial charge in [0.25, 0.3) is 0 Å². The molecule has 0 spiro atoms. The van der Waals surface area contributed by atoms with E-state index in [4.69, 9.17) is 0 Å². The molecule has 1 aromatic carbocycles. The fourth-order valence-corrected chi connectivity index (χ4v) is 2.01. The van der Waals surface area contributed by atoms with Crippen LogP contribution in [0.3, 0.4) is 0 Å². The molecule has 2 nitrogen and oxygen atoms in total. The minimum atomic E-state index is 0.938. The third kappa shape index (κ3) is 6.55. The van der Waals surface area contributed by atoms with E-state index in [2.05, 4.69) is 23.8 Å². The molecule has 1 aromatic heterocycles. The van der Waals surface area contributed by atoms with E-state index >= 15 is 0 Å². The molecule has 0 atom stereocenters. The van der Waals surface area contributed by atoms with Gasteiger partial charge in [-0.05, 0) is 6.92 Å². The number of nitrogens with one attached hydrogen (secondary N) is 1. The topological polar surface area (TPSA) is 28.7 Å². The number of imidazole rings is 1. The summed E-state index contributed by atoms with van der Waals surface area (Å²) in [6, 6.07) is 10.1. The third-order valence-electron chi connectivity index (χ3n) is 3.21. The van der Waals surface area contributed by atoms with Crippen molar-refractivity contribution >= 4 is 0 Å². The molecular formula is C18H28N2. The van der Waals surface area contributed by atoms with E-state index in [1.807, 2.05) is 43.5 Å². The van der Waals surface area contributed by atoms with Crippen molar-refractivity contribution in [3.05, 3.63) is 42.2 Å². The van der Waals surface area contributed by atoms with Gasteiger partial charge < -0.3 is 4.98 Å². The Labute approximate surface area is 123 Å². The summed E-state index contributed by atoms with van der Waals surface area (Å²) in [6.45, 7) is 6.49. The minimum absolute atomic E-state index is 0.938. The number of unbranched alkanes of at least 4 members (excludes halogenated alkanes) is 5. The van der Waals surface area contributed by atoms with Crippen molar-refractivity contribution in [1.82, 2.24) is 9.97 Å². The van der Waals surface area contributed by atoms with Gasteiger partial charge in [0.05, 0.1) is 5.69 Å². The van der Waals surface area contributed by atoms with Crippen molar-refractivity contribution in [2.75, 3.05) is 0 Å². The smallest absolute Gasteiger partial charge is 0.137 e. The summed E-state index contributed by atoms with van der Waals surface area (Å²) < 4.78 is 0. The van der Waals surface area contributed by atoms with Crippen LogP contribution < -0.4 is 0 Å². The van der Waals surface area contributed by atoms with Crippen LogP contribution in [0, 0.1) is 6.92 Å². The van der Waals surface area contributed by atoms with Crippen molar-refractivity contribution in [1.29, 1.82) is 0 Å². The number of aromatic amines is 1. The predicted octanol–water partition coefficient (Wildman–Crippen LogP) is 5.75. The highest BCUT2D eigenvalue weighted by Gasteiger charge is 1.98. The molecule has 20 heavy (non-hydrogen) atoms. The summed E-state index contributed by atoms with van der Waals surface area (Å²) in [5.74, 6) is 0.938. The molecule has 2 heteroatoms. The van der Waals surface area contributed by atoms with Gasteiger partial charge in [-0.1, -0.05) is 82.7 Å². The largest absolute Gasteiger partial charge is 0.344 e. The van der Waals surface area contributed by atoms with E-state index in [9.17, 15) is 0 Å². The lowest BCUT2D eigenvalue weighted by molar-refractivity contribution is 0.624. The Hall–Kier alpha value is -1.57. The number of hydrogen-bond acceptors (Lipinski definition) is 1. The van der Waals surface area contributed by atoms with Gasteiger partial charge in [-0.2, -0.15) is 0 Å². The molecule has 0 saturated carbocycles. The van der Waals surface area contributed by atoms with Gasteiger partial charge in [-0.25, -0.2) is 4.98 Å². The Kier molecular flexibility index (Phi) is 8.44. The van der Waals surface area contributed by atoms with Crippen molar-refractivity contribution in [2.45, 2.75) is 59.3 Å². The number of aromatic nitrogens is 2. The molecule has 0 unspecified atom stereocenters. The van der Waals surface area contributed by atoms with Crippen LogP contribution in [0.25, 0.3) is 11.4 Å². The molecule has 0 aliphatic rings. The molecule has 0 amide bonds. The monoisotopic (exact) mass is 272 g/mol. The summed E-state index contributed by atoms with van der Waals surface area (Å²) in [4.78, 5) is 7.44. The SMILES string of the molecule is CCCCCCCC.Cc1c[nH]c(-c2ccccc2)n1. The van der Waals surface area contributed by atoms with Crippen LogP contribution in [0.5, 0.6) is 0 Å². The number of H-pyrrole nitrogens is 1. The van der Waals surface area contributed by atoms with Gasteiger partial charge in [-0.3, -0.25) is 0 Å². The highest BCUT2D eigenvalue weighted by molar-refractivity contribution is 5.54. The lowest BCUT2D eigenvalue weighted by Gasteiger charge is -1.93. The van der Waals surface area contributed by atoms with Crippen molar-refractivity contribution in [3.8, 4) is 11.4 Å². The van der Waals surface area contributed by atoms with E-state index in [0.29, 0.717) is 0 Å². The maximum atomic E-state index is 4.33. The van der Waals surface area contributed by atoms with E-state index in [-0.39, 0.29) is 0 Å². The first-order chi connectivity index (χ1) is 9.77. The molecule has 2 aromatic rings. The molecule has 0 aliphatic heterocycles. The van der Waals surface area contributed by atoms with Crippen molar-refractivity contribution < 1.29 is 0 Å². The summed E-state index contributed by atoms with van der Waals surface area (Å²) in [6.07, 6.45) is 10.4. The average molecular weight is 272 g/mol. The maximum Gasteiger partial charge on any atom is 0.137 e. The number of benzene rings is 1. The Balaban J connectivity index is 0.000000221. The predicted molar refractivity (Wildman–Crippen MR) is 87.8 cm³/mol. The lowest BCUT2D eigenvalue weighted by atomic mass is 10.1. The zero-order valence-electron chi connectivity index (χ0n) is 13.2. The Bertz CT molecular complexity index is 439. The van der Waals surface area contributed by atoms with E-state index in [0.717, 1.165) is 17.1 Å². The van der Waals surface area contributed by atoms with Crippen LogP contribution in [-0.4, -0.2) is 9.97 Å². The van der Waals surface area contributed by atoms with Crippen LogP contribution >= 0.6 is 0 Å². The van der Waals surface area contributed by atoms with Gasteiger partial charge in [0.15, 0.2) is 0 Å². The van der Waals surface area contributed by atoms with Crippen LogP contribution in [0.1, 0.15) is 58.1 Å². The molecular weight excluding hydrogens is 244 g/mol. The van der Waals surface area contributed by atoms with Crippen LogP contribution in [0.2, 0.25) is 0 Å². The van der Waals surface area contributed by atoms with Crippen LogP contribution in [0.15, 0.2) is 36.5 Å². The van der Waals surface area contributed by atoms with Crippen LogP contribution in [-0.2, 0) is 0 Å². The first-order valence-electron chi connectivity index (χ1n) is 7.85. The summed E-state index contributed by atoms with van der Waals surface area (Å²) in [5, 5.41) is 0. The zero-order valence-corrected chi connectivity index (χ0v) is 13.2. The fraction of sp³-hybridized carbons (Fsp3) is 0.500. The van der Waals surface area contributed by atoms with Gasteiger partial charge in [0.2, 0.25) is 0 Å². The van der Waals surface area contributed by atoms with Gasteiger partial charge >= 0.3 is 0 Å². The second-order valence-corrected chi connectivity index (χ2v) is 5.17. The second-order valence-electron chi connectivity index (χ2n) is 5.17. The first kappa shape index (κ1) is 16.5. The van der Waals surface area contributed by atoms with Gasteiger partial charge in [-0.15, -0.1) is 0 Å². The number of nitrogens with zero attached hydrogens (tertiary/aromatic N) is 1. The molecule has 1 heterocycles. The Morgan fingerprint density at radius 2 is 1.50 bits per heavy atom. The first-order valence-corrected chi connectivity index (χ1v) is 7.85. The van der Waals surface area contributed by atoms with E-state index < -0.39 is 0 Å². The number of aryl methyl sites for hydroxylation is 1. The number of hydrogen-bond donors (Lipinski definition) is 1. The molecule has 0 fully saturated rings. The molecule has 0 bridgehead atoms. The van der Waals surface area contributed by atoms with E-state index in [1.54, 1.807) is 0 Å². The van der Waals surface area contributed by atoms with Gasteiger partial charge in [0.1, 0.15) is 5.82 Å². The fourth-order valence-electron chi connectivity index (χ4n) is 2.01. The summed E-state index contributed by atoms with van der Waals surface area (Å²) in [5.41, 5.74) is 2.15. The molecule has 0 radical (unpaired) electrons. The highest BCUT2D eigenvalue weighted by Crippen LogP contribution is 2.13. The highest BCUT2D eigenvalue weighted by atomic mass is 14.9. The Morgan fingerprint density at radius 3 is 1.95 bits per heavy atom. The molecule has 0 aliphatic carbocycles. The minimum Gasteiger partial charge on any atom is -0.344 e. The molecule has 1 N–H and O–H groups in total. The molecule has 2 rings (SSSR count). The zero-order chi connectivity index (χ0) is 14.6. The molecule has 110 valence electrons. The Morgan fingerprint density at radius 1 is 0.900 bits per heavy atom. The molecule has 0 saturated heterocycles. The van der Waals surface area contributed by atoms with Crippen molar-refractivity contribution in [2.24, 2.45) is 0 Å². The van der Waals surface area contributed by atoms with Gasteiger partial charge in [0, 0.05) is 11.8 Å². The van der Waals surface area contributed by atoms with Crippen LogP contribution in [0.4, 0.5) is 0 Å². The summed E-state index contributed by atoms with van der Waals surface area (Å²) in [7, 11) is 0. The number of rotatable bonds is 6. The quantitative estimate of drug-likeness (QED) is 0.666. The van der Waals surface area contributed by atoms with E-state index in [1.165, 1.54) is 38.5 Å². The normalized spacial score (nSPS) is 9.95. The van der Waals surface area contributed by atoms with Crippen molar-refractivity contribution in [3.63, 3.8) is 0 Å². The maximum absolute atomic E-state index is 4.33. The second kappa shape index (κ2) is 10.2. The standard InChI is InChI=1S/C10H10N2.C8H18/c1-8-7-11-10(12-8)9-5-3-2-4-6-9;1-3-5-7-8-6-4-2/h2-7H,1H3,(H,11,12);3-8H2,1-2H3. The average Bonchev–Trinajstić information content (AvgIpc) is 2.92. The lowest BCUT2D eigenvalue weighted by Crippen LogP contribution is -1.78. The third-order valence-corrected chi connectivity index (χ3v) is 3.21.